The number of urea groups is 1. The first-order valence-electron chi connectivity index (χ1n) is 7.74. The summed E-state index contributed by atoms with van der Waals surface area (Å²) in [5.41, 5.74) is 0. The number of hydrogen-bond acceptors (Lipinski definition) is 3. The molecule has 1 saturated carbocycles. The zero-order valence-corrected chi connectivity index (χ0v) is 12.1. The van der Waals surface area contributed by atoms with Crippen LogP contribution in [0.1, 0.15) is 25.7 Å². The van der Waals surface area contributed by atoms with Crippen molar-refractivity contribution in [2.24, 2.45) is 5.92 Å². The number of piperidine rings is 1. The van der Waals surface area contributed by atoms with E-state index in [9.17, 15) is 14.4 Å². The molecule has 0 bridgehead atoms. The first-order valence-corrected chi connectivity index (χ1v) is 7.74. The second-order valence-electron chi connectivity index (χ2n) is 6.12. The Kier molecular flexibility index (Phi) is 3.98. The molecule has 0 aromatic carbocycles. The number of carbonyl (C=O) groups is 3. The van der Waals surface area contributed by atoms with E-state index >= 15 is 0 Å². The molecule has 2 aliphatic heterocycles. The molecule has 3 fully saturated rings. The minimum Gasteiger partial charge on any atom is -0.353 e. The highest BCUT2D eigenvalue weighted by atomic mass is 16.2. The van der Waals surface area contributed by atoms with E-state index in [1.807, 2.05) is 0 Å². The smallest absolute Gasteiger partial charge is 0.317 e. The number of nitrogens with one attached hydrogen (secondary N) is 2. The Hall–Kier alpha value is -1.79. The molecule has 2 heterocycles. The fourth-order valence-electron chi connectivity index (χ4n) is 2.94. The highest BCUT2D eigenvalue weighted by Gasteiger charge is 2.34. The monoisotopic (exact) mass is 294 g/mol. The third kappa shape index (κ3) is 3.46. The van der Waals surface area contributed by atoms with Crippen molar-refractivity contribution in [1.82, 2.24) is 20.4 Å². The summed E-state index contributed by atoms with van der Waals surface area (Å²) in [4.78, 5) is 39.3. The molecule has 1 unspecified atom stereocenters. The summed E-state index contributed by atoms with van der Waals surface area (Å²) >= 11 is 0. The molecule has 0 aromatic rings. The Morgan fingerprint density at radius 1 is 1.14 bits per heavy atom. The van der Waals surface area contributed by atoms with E-state index in [1.54, 1.807) is 9.80 Å². The van der Waals surface area contributed by atoms with Gasteiger partial charge >= 0.3 is 6.03 Å². The summed E-state index contributed by atoms with van der Waals surface area (Å²) in [6.07, 6.45) is 3.76. The standard InChI is InChI=1S/C14H22N4O3/c19-12-9-17(7-5-15-12)13(20)10-2-1-6-18(8-10)14(21)16-11-3-4-11/h10-11H,1-9H2,(H,15,19)(H,16,21). The third-order valence-corrected chi connectivity index (χ3v) is 4.31. The van der Waals surface area contributed by atoms with Crippen LogP contribution in [0.2, 0.25) is 0 Å². The van der Waals surface area contributed by atoms with Crippen molar-refractivity contribution in [3.8, 4) is 0 Å². The Bertz CT molecular complexity index is 450. The van der Waals surface area contributed by atoms with Crippen LogP contribution in [0.15, 0.2) is 0 Å². The summed E-state index contributed by atoms with van der Waals surface area (Å²) in [6.45, 7) is 2.40. The molecular formula is C14H22N4O3. The average Bonchev–Trinajstić information content (AvgIpc) is 3.30. The number of rotatable bonds is 2. The lowest BCUT2D eigenvalue weighted by Gasteiger charge is -2.36. The van der Waals surface area contributed by atoms with Crippen LogP contribution in [0.3, 0.4) is 0 Å². The van der Waals surface area contributed by atoms with Gasteiger partial charge in [0, 0.05) is 32.2 Å². The minimum absolute atomic E-state index is 0.00812. The van der Waals surface area contributed by atoms with Gasteiger partial charge in [-0.2, -0.15) is 0 Å². The van der Waals surface area contributed by atoms with E-state index in [2.05, 4.69) is 10.6 Å². The van der Waals surface area contributed by atoms with Gasteiger partial charge in [0.2, 0.25) is 11.8 Å². The van der Waals surface area contributed by atoms with E-state index in [0.717, 1.165) is 25.7 Å². The molecule has 7 nitrogen and oxygen atoms in total. The maximum Gasteiger partial charge on any atom is 0.317 e. The predicted molar refractivity (Wildman–Crippen MR) is 75.4 cm³/mol. The number of carbonyl (C=O) groups excluding carboxylic acids is 3. The first kappa shape index (κ1) is 14.2. The number of hydrogen-bond donors (Lipinski definition) is 2. The zero-order chi connectivity index (χ0) is 14.8. The van der Waals surface area contributed by atoms with Gasteiger partial charge in [-0.05, 0) is 25.7 Å². The van der Waals surface area contributed by atoms with Crippen LogP contribution in [0, 0.1) is 5.92 Å². The Morgan fingerprint density at radius 3 is 2.67 bits per heavy atom. The molecule has 3 rings (SSSR count). The highest BCUT2D eigenvalue weighted by Crippen LogP contribution is 2.22. The van der Waals surface area contributed by atoms with Crippen molar-refractivity contribution in [3.63, 3.8) is 0 Å². The molecule has 7 heteroatoms. The Labute approximate surface area is 124 Å². The summed E-state index contributed by atoms with van der Waals surface area (Å²) in [6, 6.07) is 0.283. The van der Waals surface area contributed by atoms with Crippen molar-refractivity contribution in [2.45, 2.75) is 31.7 Å². The average molecular weight is 294 g/mol. The minimum atomic E-state index is -0.172. The Morgan fingerprint density at radius 2 is 1.95 bits per heavy atom. The molecular weight excluding hydrogens is 272 g/mol. The van der Waals surface area contributed by atoms with E-state index in [-0.39, 0.29) is 30.3 Å². The molecule has 2 saturated heterocycles. The molecule has 4 amide bonds. The van der Waals surface area contributed by atoms with Crippen molar-refractivity contribution >= 4 is 17.8 Å². The van der Waals surface area contributed by atoms with Crippen LogP contribution in [-0.2, 0) is 9.59 Å². The van der Waals surface area contributed by atoms with Crippen molar-refractivity contribution in [3.05, 3.63) is 0 Å². The molecule has 0 radical (unpaired) electrons. The topological polar surface area (TPSA) is 81.8 Å². The predicted octanol–water partition coefficient (Wildman–Crippen LogP) is -0.471. The lowest BCUT2D eigenvalue weighted by molar-refractivity contribution is -0.142. The van der Waals surface area contributed by atoms with Gasteiger partial charge in [-0.3, -0.25) is 9.59 Å². The molecule has 116 valence electrons. The summed E-state index contributed by atoms with van der Waals surface area (Å²) < 4.78 is 0. The van der Waals surface area contributed by atoms with E-state index in [4.69, 9.17) is 0 Å². The maximum absolute atomic E-state index is 12.5. The van der Waals surface area contributed by atoms with Crippen molar-refractivity contribution < 1.29 is 14.4 Å². The number of nitrogens with zero attached hydrogens (tertiary/aromatic N) is 2. The SMILES string of the molecule is O=C1CN(C(=O)C2CCCN(C(=O)NC3CC3)C2)CCN1. The second kappa shape index (κ2) is 5.91. The molecule has 1 atom stereocenters. The lowest BCUT2D eigenvalue weighted by Crippen LogP contribution is -2.54. The summed E-state index contributed by atoms with van der Waals surface area (Å²) in [5, 5.41) is 5.69. The molecule has 3 aliphatic rings. The molecule has 0 spiro atoms. The first-order chi connectivity index (χ1) is 10.1. The second-order valence-corrected chi connectivity index (χ2v) is 6.12. The quantitative estimate of drug-likeness (QED) is 0.722. The number of amides is 4. The van der Waals surface area contributed by atoms with Crippen LogP contribution in [-0.4, -0.2) is 66.4 Å². The third-order valence-electron chi connectivity index (χ3n) is 4.31. The van der Waals surface area contributed by atoms with Gasteiger partial charge in [0.05, 0.1) is 12.5 Å². The van der Waals surface area contributed by atoms with Gasteiger partial charge < -0.3 is 20.4 Å². The van der Waals surface area contributed by atoms with Crippen LogP contribution >= 0.6 is 0 Å². The van der Waals surface area contributed by atoms with Gasteiger partial charge in [-0.15, -0.1) is 0 Å². The van der Waals surface area contributed by atoms with Crippen LogP contribution in [0.25, 0.3) is 0 Å². The normalized spacial score (nSPS) is 26.3. The lowest BCUT2D eigenvalue weighted by atomic mass is 9.96. The zero-order valence-electron chi connectivity index (χ0n) is 12.1. The molecule has 2 N–H and O–H groups in total. The summed E-state index contributed by atoms with van der Waals surface area (Å²) in [5.74, 6) is -0.267. The number of likely N-dealkylation sites (tertiary alicyclic amines) is 1. The fourth-order valence-corrected chi connectivity index (χ4v) is 2.94. The fraction of sp³-hybridized carbons (Fsp3) is 0.786. The largest absolute Gasteiger partial charge is 0.353 e. The maximum atomic E-state index is 12.5. The van der Waals surface area contributed by atoms with Crippen LogP contribution < -0.4 is 10.6 Å². The molecule has 0 aromatic heterocycles. The molecule has 1 aliphatic carbocycles. The Balaban J connectivity index is 1.55. The highest BCUT2D eigenvalue weighted by molar-refractivity contribution is 5.87. The van der Waals surface area contributed by atoms with Gasteiger partial charge in [0.1, 0.15) is 0 Å². The van der Waals surface area contributed by atoms with Gasteiger partial charge in [-0.25, -0.2) is 4.79 Å². The van der Waals surface area contributed by atoms with Crippen molar-refractivity contribution in [2.75, 3.05) is 32.7 Å². The van der Waals surface area contributed by atoms with E-state index in [0.29, 0.717) is 32.2 Å². The molecule has 21 heavy (non-hydrogen) atoms. The summed E-state index contributed by atoms with van der Waals surface area (Å²) in [7, 11) is 0. The van der Waals surface area contributed by atoms with Crippen LogP contribution in [0.5, 0.6) is 0 Å². The van der Waals surface area contributed by atoms with E-state index in [1.165, 1.54) is 0 Å². The number of piperazine rings is 1. The van der Waals surface area contributed by atoms with Gasteiger partial charge in [0.25, 0.3) is 0 Å². The van der Waals surface area contributed by atoms with Gasteiger partial charge in [-0.1, -0.05) is 0 Å². The van der Waals surface area contributed by atoms with Crippen LogP contribution in [0.4, 0.5) is 4.79 Å². The van der Waals surface area contributed by atoms with Gasteiger partial charge in [0.15, 0.2) is 0 Å². The van der Waals surface area contributed by atoms with E-state index < -0.39 is 0 Å². The van der Waals surface area contributed by atoms with Crippen molar-refractivity contribution in [1.29, 1.82) is 0 Å².